The molecule has 0 amide bonds. The summed E-state index contributed by atoms with van der Waals surface area (Å²) in [5, 5.41) is 8.42. The van der Waals surface area contributed by atoms with Gasteiger partial charge < -0.3 is 5.32 Å². The number of rotatable bonds is 5. The number of aryl methyl sites for hydroxylation is 1. The maximum Gasteiger partial charge on any atom is 0.125 e. The van der Waals surface area contributed by atoms with E-state index in [-0.39, 0.29) is 0 Å². The number of anilines is 1. The minimum Gasteiger partial charge on any atom is -0.370 e. The third kappa shape index (κ3) is 3.26. The van der Waals surface area contributed by atoms with Gasteiger partial charge in [-0.05, 0) is 31.9 Å². The predicted molar refractivity (Wildman–Crippen MR) is 78.8 cm³/mol. The SMILES string of the molecule is CCCNc1ccc(Cn2nc(C)c(Cl)c2C)cn1. The maximum absolute atomic E-state index is 6.14. The number of hydrogen-bond donors (Lipinski definition) is 1. The highest BCUT2D eigenvalue weighted by Gasteiger charge is 2.09. The Bertz CT molecular complexity index is 545. The summed E-state index contributed by atoms with van der Waals surface area (Å²) in [7, 11) is 0. The summed E-state index contributed by atoms with van der Waals surface area (Å²) in [5.41, 5.74) is 2.98. The molecule has 0 saturated heterocycles. The topological polar surface area (TPSA) is 42.7 Å². The molecule has 0 saturated carbocycles. The highest BCUT2D eigenvalue weighted by atomic mass is 35.5. The molecule has 2 aromatic heterocycles. The largest absolute Gasteiger partial charge is 0.370 e. The Morgan fingerprint density at radius 3 is 2.63 bits per heavy atom. The second kappa shape index (κ2) is 6.06. The zero-order valence-corrected chi connectivity index (χ0v) is 12.3. The standard InChI is InChI=1S/C14H19ClN4/c1-4-7-16-13-6-5-12(8-17-13)9-19-11(3)14(15)10(2)18-19/h5-6,8H,4,7,9H2,1-3H3,(H,16,17). The van der Waals surface area contributed by atoms with Gasteiger partial charge in [0.15, 0.2) is 0 Å². The number of halogens is 1. The minimum atomic E-state index is 0.695. The molecule has 4 nitrogen and oxygen atoms in total. The normalized spacial score (nSPS) is 10.7. The minimum absolute atomic E-state index is 0.695. The molecule has 0 unspecified atom stereocenters. The van der Waals surface area contributed by atoms with Gasteiger partial charge in [-0.2, -0.15) is 5.10 Å². The number of nitrogens with one attached hydrogen (secondary N) is 1. The molecule has 19 heavy (non-hydrogen) atoms. The molecule has 0 radical (unpaired) electrons. The fraction of sp³-hybridized carbons (Fsp3) is 0.429. The van der Waals surface area contributed by atoms with Crippen LogP contribution in [0.15, 0.2) is 18.3 Å². The van der Waals surface area contributed by atoms with E-state index in [4.69, 9.17) is 11.6 Å². The highest BCUT2D eigenvalue weighted by molar-refractivity contribution is 6.31. The van der Waals surface area contributed by atoms with Crippen LogP contribution in [-0.4, -0.2) is 21.3 Å². The Morgan fingerprint density at radius 1 is 1.32 bits per heavy atom. The number of hydrogen-bond acceptors (Lipinski definition) is 3. The Balaban J connectivity index is 2.08. The van der Waals surface area contributed by atoms with E-state index < -0.39 is 0 Å². The van der Waals surface area contributed by atoms with Crippen molar-refractivity contribution in [3.8, 4) is 0 Å². The van der Waals surface area contributed by atoms with Crippen molar-refractivity contribution >= 4 is 17.4 Å². The van der Waals surface area contributed by atoms with Crippen LogP contribution in [0.4, 0.5) is 5.82 Å². The number of pyridine rings is 1. The lowest BCUT2D eigenvalue weighted by Gasteiger charge is -2.07. The van der Waals surface area contributed by atoms with Gasteiger partial charge in [0.25, 0.3) is 0 Å². The fourth-order valence-corrected chi connectivity index (χ4v) is 2.01. The smallest absolute Gasteiger partial charge is 0.125 e. The van der Waals surface area contributed by atoms with E-state index >= 15 is 0 Å². The van der Waals surface area contributed by atoms with Crippen LogP contribution in [0.3, 0.4) is 0 Å². The molecule has 1 N–H and O–H groups in total. The summed E-state index contributed by atoms with van der Waals surface area (Å²) < 4.78 is 1.91. The molecular formula is C14H19ClN4. The molecule has 0 aliphatic heterocycles. The lowest BCUT2D eigenvalue weighted by atomic mass is 10.2. The molecule has 2 aromatic rings. The maximum atomic E-state index is 6.14. The Labute approximate surface area is 118 Å². The van der Waals surface area contributed by atoms with Crippen molar-refractivity contribution in [1.29, 1.82) is 0 Å². The molecule has 102 valence electrons. The first kappa shape index (κ1) is 13.9. The first-order valence-corrected chi connectivity index (χ1v) is 6.88. The van der Waals surface area contributed by atoms with E-state index in [1.807, 2.05) is 30.8 Å². The quantitative estimate of drug-likeness (QED) is 0.911. The van der Waals surface area contributed by atoms with Crippen LogP contribution in [0, 0.1) is 13.8 Å². The van der Waals surface area contributed by atoms with Gasteiger partial charge in [-0.15, -0.1) is 0 Å². The van der Waals surface area contributed by atoms with E-state index in [0.29, 0.717) is 6.54 Å². The van der Waals surface area contributed by atoms with Gasteiger partial charge >= 0.3 is 0 Å². The van der Waals surface area contributed by atoms with Gasteiger partial charge in [0.05, 0.1) is 23.0 Å². The van der Waals surface area contributed by atoms with Crippen LogP contribution in [0.25, 0.3) is 0 Å². The first-order chi connectivity index (χ1) is 9.11. The Morgan fingerprint density at radius 2 is 2.11 bits per heavy atom. The molecule has 0 aliphatic carbocycles. The molecule has 5 heteroatoms. The molecule has 0 aromatic carbocycles. The number of aromatic nitrogens is 3. The molecule has 0 spiro atoms. The summed E-state index contributed by atoms with van der Waals surface area (Å²) in [6, 6.07) is 4.06. The number of nitrogens with zero attached hydrogens (tertiary/aromatic N) is 3. The molecule has 0 fully saturated rings. The average Bonchev–Trinajstić information content (AvgIpc) is 2.66. The Kier molecular flexibility index (Phi) is 4.43. The molecule has 2 rings (SSSR count). The summed E-state index contributed by atoms with van der Waals surface area (Å²) in [4.78, 5) is 4.39. The van der Waals surface area contributed by atoms with Crippen LogP contribution in [0.2, 0.25) is 5.02 Å². The zero-order valence-electron chi connectivity index (χ0n) is 11.6. The van der Waals surface area contributed by atoms with Crippen molar-refractivity contribution in [1.82, 2.24) is 14.8 Å². The van der Waals surface area contributed by atoms with Crippen molar-refractivity contribution in [2.75, 3.05) is 11.9 Å². The van der Waals surface area contributed by atoms with Crippen LogP contribution in [0.5, 0.6) is 0 Å². The summed E-state index contributed by atoms with van der Waals surface area (Å²) >= 11 is 6.14. The van der Waals surface area contributed by atoms with E-state index in [0.717, 1.165) is 40.8 Å². The first-order valence-electron chi connectivity index (χ1n) is 6.50. The molecule has 0 aliphatic rings. The van der Waals surface area contributed by atoms with Crippen LogP contribution >= 0.6 is 11.6 Å². The van der Waals surface area contributed by atoms with Crippen LogP contribution < -0.4 is 5.32 Å². The fourth-order valence-electron chi connectivity index (χ4n) is 1.88. The predicted octanol–water partition coefficient (Wildman–Crippen LogP) is 3.42. The van der Waals surface area contributed by atoms with E-state index in [1.165, 1.54) is 0 Å². The van der Waals surface area contributed by atoms with Gasteiger partial charge in [-0.25, -0.2) is 4.98 Å². The van der Waals surface area contributed by atoms with Crippen molar-refractivity contribution in [2.24, 2.45) is 0 Å². The summed E-state index contributed by atoms with van der Waals surface area (Å²) in [6.07, 6.45) is 2.97. The lowest BCUT2D eigenvalue weighted by molar-refractivity contribution is 0.657. The van der Waals surface area contributed by atoms with E-state index in [2.05, 4.69) is 28.4 Å². The average molecular weight is 279 g/mol. The lowest BCUT2D eigenvalue weighted by Crippen LogP contribution is -2.06. The van der Waals surface area contributed by atoms with Crippen LogP contribution in [0.1, 0.15) is 30.3 Å². The molecule has 2 heterocycles. The van der Waals surface area contributed by atoms with Crippen LogP contribution in [-0.2, 0) is 6.54 Å². The molecule has 0 bridgehead atoms. The molecular weight excluding hydrogens is 260 g/mol. The third-order valence-electron chi connectivity index (χ3n) is 3.01. The molecule has 0 atom stereocenters. The third-order valence-corrected chi connectivity index (χ3v) is 3.55. The van der Waals surface area contributed by atoms with Crippen molar-refractivity contribution in [3.05, 3.63) is 40.3 Å². The second-order valence-corrected chi connectivity index (χ2v) is 5.00. The van der Waals surface area contributed by atoms with Gasteiger partial charge in [-0.1, -0.05) is 24.6 Å². The van der Waals surface area contributed by atoms with Gasteiger partial charge in [0.2, 0.25) is 0 Å². The van der Waals surface area contributed by atoms with Crippen molar-refractivity contribution in [2.45, 2.75) is 33.7 Å². The van der Waals surface area contributed by atoms with E-state index in [1.54, 1.807) is 0 Å². The van der Waals surface area contributed by atoms with E-state index in [9.17, 15) is 0 Å². The van der Waals surface area contributed by atoms with Gasteiger partial charge in [-0.3, -0.25) is 4.68 Å². The monoisotopic (exact) mass is 278 g/mol. The van der Waals surface area contributed by atoms with Crippen molar-refractivity contribution < 1.29 is 0 Å². The van der Waals surface area contributed by atoms with Gasteiger partial charge in [0, 0.05) is 12.7 Å². The second-order valence-electron chi connectivity index (χ2n) is 4.62. The summed E-state index contributed by atoms with van der Waals surface area (Å²) in [6.45, 7) is 7.67. The highest BCUT2D eigenvalue weighted by Crippen LogP contribution is 2.19. The van der Waals surface area contributed by atoms with Gasteiger partial charge in [0.1, 0.15) is 5.82 Å². The summed E-state index contributed by atoms with van der Waals surface area (Å²) in [5.74, 6) is 0.914. The Hall–Kier alpha value is -1.55. The van der Waals surface area contributed by atoms with Crippen molar-refractivity contribution in [3.63, 3.8) is 0 Å². The zero-order chi connectivity index (χ0) is 13.8.